The first-order valence-electron chi connectivity index (χ1n) is 8.07. The van der Waals surface area contributed by atoms with E-state index in [0.29, 0.717) is 0 Å². The van der Waals surface area contributed by atoms with Gasteiger partial charge >= 0.3 is 0 Å². The van der Waals surface area contributed by atoms with Crippen molar-refractivity contribution >= 4 is 0 Å². The molecule has 1 aromatic rings. The number of aryl methyl sites for hydroxylation is 1. The second kappa shape index (κ2) is 8.43. The topological polar surface area (TPSA) is 21.3 Å². The van der Waals surface area contributed by atoms with Crippen LogP contribution in [0.1, 0.15) is 64.6 Å². The third-order valence-corrected chi connectivity index (χ3v) is 4.11. The second-order valence-electron chi connectivity index (χ2n) is 5.58. The summed E-state index contributed by atoms with van der Waals surface area (Å²) < 4.78 is 6.09. The molecule has 0 aliphatic carbocycles. The predicted molar refractivity (Wildman–Crippen MR) is 87.2 cm³/mol. The quantitative estimate of drug-likeness (QED) is 0.718. The molecule has 0 saturated heterocycles. The average Bonchev–Trinajstić information content (AvgIpc) is 2.48. The number of nitrogens with one attached hydrogen (secondary N) is 1. The summed E-state index contributed by atoms with van der Waals surface area (Å²) in [4.78, 5) is 0. The third kappa shape index (κ3) is 4.32. The summed E-state index contributed by atoms with van der Waals surface area (Å²) in [6.45, 7) is 12.7. The Morgan fingerprint density at radius 2 is 1.75 bits per heavy atom. The zero-order valence-corrected chi connectivity index (χ0v) is 13.8. The molecule has 0 amide bonds. The lowest BCUT2D eigenvalue weighted by atomic mass is 9.87. The third-order valence-electron chi connectivity index (χ3n) is 4.11. The van der Waals surface area contributed by atoms with Gasteiger partial charge in [-0.2, -0.15) is 0 Å². The molecule has 0 fully saturated rings. The first-order chi connectivity index (χ1) is 9.61. The molecule has 0 aliphatic rings. The SMILES string of the molecule is CCCNC(c1ccc(CC)cc1)C(C)(CC)OCC. The highest BCUT2D eigenvalue weighted by Crippen LogP contribution is 2.32. The zero-order valence-electron chi connectivity index (χ0n) is 13.8. The van der Waals surface area contributed by atoms with E-state index >= 15 is 0 Å². The summed E-state index contributed by atoms with van der Waals surface area (Å²) in [7, 11) is 0. The molecule has 2 nitrogen and oxygen atoms in total. The molecule has 114 valence electrons. The van der Waals surface area contributed by atoms with Crippen LogP contribution >= 0.6 is 0 Å². The molecular weight excluding hydrogens is 246 g/mol. The van der Waals surface area contributed by atoms with Gasteiger partial charge in [0.05, 0.1) is 11.6 Å². The fourth-order valence-electron chi connectivity index (χ4n) is 2.64. The van der Waals surface area contributed by atoms with Crippen molar-refractivity contribution in [3.05, 3.63) is 35.4 Å². The molecule has 0 heterocycles. The van der Waals surface area contributed by atoms with Gasteiger partial charge in [0, 0.05) is 6.61 Å². The largest absolute Gasteiger partial charge is 0.374 e. The standard InChI is InChI=1S/C18H31NO/c1-6-14-19-17(18(5,8-3)20-9-4)16-12-10-15(7-2)11-13-16/h10-13,17,19H,6-9,14H2,1-5H3. The van der Waals surface area contributed by atoms with Crippen LogP contribution in [0.5, 0.6) is 0 Å². The molecule has 2 atom stereocenters. The molecule has 0 saturated carbocycles. The van der Waals surface area contributed by atoms with Gasteiger partial charge in [0.2, 0.25) is 0 Å². The van der Waals surface area contributed by atoms with E-state index in [-0.39, 0.29) is 11.6 Å². The van der Waals surface area contributed by atoms with Crippen LogP contribution in [-0.4, -0.2) is 18.8 Å². The number of hydrogen-bond donors (Lipinski definition) is 1. The monoisotopic (exact) mass is 277 g/mol. The van der Waals surface area contributed by atoms with Crippen molar-refractivity contribution < 1.29 is 4.74 Å². The average molecular weight is 277 g/mol. The summed E-state index contributed by atoms with van der Waals surface area (Å²) in [6, 6.07) is 9.21. The number of rotatable bonds is 9. The minimum absolute atomic E-state index is 0.155. The predicted octanol–water partition coefficient (Wildman–Crippen LogP) is 4.49. The number of hydrogen-bond acceptors (Lipinski definition) is 2. The van der Waals surface area contributed by atoms with Gasteiger partial charge < -0.3 is 10.1 Å². The minimum atomic E-state index is -0.155. The lowest BCUT2D eigenvalue weighted by Gasteiger charge is -2.38. The van der Waals surface area contributed by atoms with E-state index in [1.807, 2.05) is 0 Å². The van der Waals surface area contributed by atoms with Gasteiger partial charge in [0.1, 0.15) is 0 Å². The lowest BCUT2D eigenvalue weighted by Crippen LogP contribution is -2.43. The molecule has 2 unspecified atom stereocenters. The summed E-state index contributed by atoms with van der Waals surface area (Å²) >= 11 is 0. The van der Waals surface area contributed by atoms with Crippen LogP contribution in [0.2, 0.25) is 0 Å². The molecule has 1 N–H and O–H groups in total. The van der Waals surface area contributed by atoms with Crippen LogP contribution in [0, 0.1) is 0 Å². The highest BCUT2D eigenvalue weighted by Gasteiger charge is 2.33. The van der Waals surface area contributed by atoms with Gasteiger partial charge in [-0.05, 0) is 50.8 Å². The van der Waals surface area contributed by atoms with Crippen LogP contribution in [0.4, 0.5) is 0 Å². The molecule has 2 heteroatoms. The second-order valence-corrected chi connectivity index (χ2v) is 5.58. The van der Waals surface area contributed by atoms with Crippen molar-refractivity contribution in [2.75, 3.05) is 13.2 Å². The number of ether oxygens (including phenoxy) is 1. The Balaban J connectivity index is 3.02. The molecule has 0 spiro atoms. The Bertz CT molecular complexity index is 374. The van der Waals surface area contributed by atoms with Crippen LogP contribution in [0.3, 0.4) is 0 Å². The number of benzene rings is 1. The normalized spacial score (nSPS) is 15.8. The maximum atomic E-state index is 6.09. The van der Waals surface area contributed by atoms with Crippen molar-refractivity contribution in [3.63, 3.8) is 0 Å². The first-order valence-corrected chi connectivity index (χ1v) is 8.07. The van der Waals surface area contributed by atoms with E-state index in [9.17, 15) is 0 Å². The lowest BCUT2D eigenvalue weighted by molar-refractivity contribution is -0.0562. The van der Waals surface area contributed by atoms with Gasteiger partial charge in [-0.3, -0.25) is 0 Å². The van der Waals surface area contributed by atoms with Crippen molar-refractivity contribution in [1.82, 2.24) is 5.32 Å². The van der Waals surface area contributed by atoms with Gasteiger partial charge in [-0.1, -0.05) is 45.0 Å². The molecule has 20 heavy (non-hydrogen) atoms. The fourth-order valence-corrected chi connectivity index (χ4v) is 2.64. The summed E-state index contributed by atoms with van der Waals surface area (Å²) in [5.74, 6) is 0. The Morgan fingerprint density at radius 1 is 1.10 bits per heavy atom. The van der Waals surface area contributed by atoms with E-state index in [2.05, 4.69) is 64.2 Å². The van der Waals surface area contributed by atoms with Crippen molar-refractivity contribution in [3.8, 4) is 0 Å². The summed E-state index contributed by atoms with van der Waals surface area (Å²) in [5.41, 5.74) is 2.56. The Morgan fingerprint density at radius 3 is 2.20 bits per heavy atom. The molecule has 0 bridgehead atoms. The van der Waals surface area contributed by atoms with Crippen LogP contribution in [0.15, 0.2) is 24.3 Å². The molecular formula is C18H31NO. The van der Waals surface area contributed by atoms with E-state index in [1.165, 1.54) is 11.1 Å². The van der Waals surface area contributed by atoms with Crippen LogP contribution in [-0.2, 0) is 11.2 Å². The smallest absolute Gasteiger partial charge is 0.0845 e. The zero-order chi connectivity index (χ0) is 15.0. The van der Waals surface area contributed by atoms with Crippen molar-refractivity contribution in [2.45, 2.75) is 65.5 Å². The maximum absolute atomic E-state index is 6.09. The molecule has 1 rings (SSSR count). The summed E-state index contributed by atoms with van der Waals surface area (Å²) in [5, 5.41) is 3.67. The van der Waals surface area contributed by atoms with Gasteiger partial charge in [-0.25, -0.2) is 0 Å². The minimum Gasteiger partial charge on any atom is -0.374 e. The molecule has 0 radical (unpaired) electrons. The maximum Gasteiger partial charge on any atom is 0.0845 e. The van der Waals surface area contributed by atoms with E-state index in [0.717, 1.165) is 32.4 Å². The Labute approximate surface area is 124 Å². The van der Waals surface area contributed by atoms with Gasteiger partial charge in [-0.15, -0.1) is 0 Å². The van der Waals surface area contributed by atoms with E-state index in [1.54, 1.807) is 0 Å². The van der Waals surface area contributed by atoms with Crippen molar-refractivity contribution in [2.24, 2.45) is 0 Å². The highest BCUT2D eigenvalue weighted by molar-refractivity contribution is 5.27. The van der Waals surface area contributed by atoms with Crippen molar-refractivity contribution in [1.29, 1.82) is 0 Å². The Hall–Kier alpha value is -0.860. The highest BCUT2D eigenvalue weighted by atomic mass is 16.5. The van der Waals surface area contributed by atoms with Crippen LogP contribution in [0.25, 0.3) is 0 Å². The molecule has 1 aromatic carbocycles. The Kier molecular flexibility index (Phi) is 7.25. The van der Waals surface area contributed by atoms with Gasteiger partial charge in [0.15, 0.2) is 0 Å². The summed E-state index contributed by atoms with van der Waals surface area (Å²) in [6.07, 6.45) is 3.22. The van der Waals surface area contributed by atoms with E-state index in [4.69, 9.17) is 4.74 Å². The van der Waals surface area contributed by atoms with Crippen LogP contribution < -0.4 is 5.32 Å². The van der Waals surface area contributed by atoms with E-state index < -0.39 is 0 Å². The molecule has 0 aliphatic heterocycles. The first kappa shape index (κ1) is 17.2. The molecule has 0 aromatic heterocycles. The van der Waals surface area contributed by atoms with Gasteiger partial charge in [0.25, 0.3) is 0 Å². The fraction of sp³-hybridized carbons (Fsp3) is 0.667.